The van der Waals surface area contributed by atoms with Gasteiger partial charge in [-0.1, -0.05) is 12.1 Å². The average Bonchev–Trinajstić information content (AvgIpc) is 3.40. The minimum atomic E-state index is -0.250. The van der Waals surface area contributed by atoms with E-state index in [9.17, 15) is 4.39 Å². The largest absolute Gasteiger partial charge is 0.383 e. The third kappa shape index (κ3) is 0.810. The van der Waals surface area contributed by atoms with E-state index < -0.39 is 0 Å². The van der Waals surface area contributed by atoms with Gasteiger partial charge in [-0.05, 0) is 34.9 Å². The lowest BCUT2D eigenvalue weighted by molar-refractivity contribution is 0.165. The molecule has 0 aliphatic heterocycles. The molecule has 21 heavy (non-hydrogen) atoms. The van der Waals surface area contributed by atoms with Gasteiger partial charge in [-0.25, -0.2) is 4.39 Å². The summed E-state index contributed by atoms with van der Waals surface area (Å²) < 4.78 is 19.3. The van der Waals surface area contributed by atoms with E-state index in [1.165, 1.54) is 11.6 Å². The summed E-state index contributed by atoms with van der Waals surface area (Å²) in [6.07, 6.45) is 0. The first kappa shape index (κ1) is 10.6. The third-order valence-corrected chi connectivity index (χ3v) is 5.75. The molecule has 0 radical (unpaired) electrons. The first-order valence-corrected chi connectivity index (χ1v) is 7.16. The van der Waals surface area contributed by atoms with Crippen LogP contribution < -0.4 is 0 Å². The summed E-state index contributed by atoms with van der Waals surface area (Å²) in [5.41, 5.74) is 6.97. The normalized spacial score (nSPS) is 35.2. The fraction of sp³-hybridized carbons (Fsp3) is 0.294. The van der Waals surface area contributed by atoms with Gasteiger partial charge in [-0.15, -0.1) is 0 Å². The highest BCUT2D eigenvalue weighted by atomic mass is 19.1. The molecule has 2 fully saturated rings. The zero-order chi connectivity index (χ0) is 14.0. The van der Waals surface area contributed by atoms with Gasteiger partial charge >= 0.3 is 0 Å². The van der Waals surface area contributed by atoms with Crippen molar-refractivity contribution in [2.24, 2.45) is 5.41 Å². The first-order valence-electron chi connectivity index (χ1n) is 7.16. The summed E-state index contributed by atoms with van der Waals surface area (Å²) in [6.45, 7) is 0.697. The zero-order valence-corrected chi connectivity index (χ0v) is 11.4. The Labute approximate surface area is 120 Å². The molecule has 1 aromatic carbocycles. The van der Waals surface area contributed by atoms with Crippen LogP contribution in [0.2, 0.25) is 0 Å². The Balaban J connectivity index is 1.52. The van der Waals surface area contributed by atoms with Crippen molar-refractivity contribution in [3.63, 3.8) is 0 Å². The monoisotopic (exact) mass is 278 g/mol. The molecule has 6 rings (SSSR count). The predicted octanol–water partition coefficient (Wildman–Crippen LogP) is 2.59. The van der Waals surface area contributed by atoms with Crippen molar-refractivity contribution in [1.29, 1.82) is 0 Å². The summed E-state index contributed by atoms with van der Waals surface area (Å²) in [7, 11) is 1.74. The van der Waals surface area contributed by atoms with E-state index in [0.717, 1.165) is 5.69 Å². The molecular weight excluding hydrogens is 267 g/mol. The van der Waals surface area contributed by atoms with E-state index in [2.05, 4.69) is 10.2 Å². The van der Waals surface area contributed by atoms with Gasteiger partial charge in [0.15, 0.2) is 0 Å². The summed E-state index contributed by atoms with van der Waals surface area (Å²) in [6, 6.07) is 8.76. The third-order valence-electron chi connectivity index (χ3n) is 5.75. The molecule has 3 nitrogen and oxygen atoms in total. The number of hydrogen-bond donors (Lipinski definition) is 0. The maximum atomic E-state index is 13.9. The van der Waals surface area contributed by atoms with Crippen LogP contribution in [0.3, 0.4) is 0 Å². The number of halogens is 1. The molecule has 1 heterocycles. The predicted molar refractivity (Wildman–Crippen MR) is 73.2 cm³/mol. The fourth-order valence-electron chi connectivity index (χ4n) is 4.90. The van der Waals surface area contributed by atoms with E-state index in [4.69, 9.17) is 4.74 Å². The number of methoxy groups -OCH3 is 1. The lowest BCUT2D eigenvalue weighted by Crippen LogP contribution is -2.22. The van der Waals surface area contributed by atoms with Crippen LogP contribution in [0.5, 0.6) is 0 Å². The number of benzene rings is 1. The van der Waals surface area contributed by atoms with Crippen LogP contribution in [-0.2, 0) is 10.2 Å². The van der Waals surface area contributed by atoms with Gasteiger partial charge in [0.1, 0.15) is 5.82 Å². The van der Waals surface area contributed by atoms with Gasteiger partial charge in [0.25, 0.3) is 0 Å². The van der Waals surface area contributed by atoms with Gasteiger partial charge in [-0.2, -0.15) is 10.2 Å². The highest BCUT2D eigenvalue weighted by Crippen LogP contribution is 3.09. The second kappa shape index (κ2) is 2.79. The minimum Gasteiger partial charge on any atom is -0.383 e. The van der Waals surface area contributed by atoms with Gasteiger partial charge in [-0.3, -0.25) is 0 Å². The van der Waals surface area contributed by atoms with Crippen molar-refractivity contribution in [3.8, 4) is 11.3 Å². The number of fused-ring (bicyclic) bond motifs is 5. The van der Waals surface area contributed by atoms with Crippen molar-refractivity contribution in [2.45, 2.75) is 11.3 Å². The zero-order valence-electron chi connectivity index (χ0n) is 11.4. The lowest BCUT2D eigenvalue weighted by atomic mass is 9.91. The number of aromatic nitrogens is 2. The van der Waals surface area contributed by atoms with Gasteiger partial charge in [0.2, 0.25) is 0 Å². The molecule has 3 unspecified atom stereocenters. The maximum absolute atomic E-state index is 13.9. The van der Waals surface area contributed by atoms with E-state index in [-0.39, 0.29) is 11.2 Å². The second-order valence-corrected chi connectivity index (χ2v) is 6.38. The van der Waals surface area contributed by atoms with Crippen molar-refractivity contribution in [1.82, 2.24) is 10.2 Å². The fourth-order valence-corrected chi connectivity index (χ4v) is 4.90. The number of ether oxygens (including phenoxy) is 1. The Hall–Kier alpha value is -2.07. The molecular formula is C17H11FN2O. The van der Waals surface area contributed by atoms with Crippen molar-refractivity contribution < 1.29 is 9.13 Å². The van der Waals surface area contributed by atoms with E-state index in [1.54, 1.807) is 30.4 Å². The molecule has 3 atom stereocenters. The molecule has 0 N–H and O–H groups in total. The molecule has 0 amide bonds. The van der Waals surface area contributed by atoms with E-state index >= 15 is 0 Å². The lowest BCUT2D eigenvalue weighted by Gasteiger charge is -2.19. The van der Waals surface area contributed by atoms with E-state index in [0.29, 0.717) is 29.2 Å². The van der Waals surface area contributed by atoms with Gasteiger partial charge in [0, 0.05) is 24.0 Å². The SMILES string of the molecule is COCC12C3=C4C(c5cc(-c6ccccc6F)nnc51)C432. The molecule has 0 saturated heterocycles. The second-order valence-electron chi connectivity index (χ2n) is 6.38. The quantitative estimate of drug-likeness (QED) is 0.809. The molecule has 4 heteroatoms. The Kier molecular flexibility index (Phi) is 1.41. The molecule has 1 spiro atoms. The summed E-state index contributed by atoms with van der Waals surface area (Å²) in [5, 5.41) is 8.73. The Morgan fingerprint density at radius 3 is 2.95 bits per heavy atom. The summed E-state index contributed by atoms with van der Waals surface area (Å²) >= 11 is 0. The molecule has 1 aromatic heterocycles. The highest BCUT2D eigenvalue weighted by molar-refractivity contribution is 6.01. The molecule has 4 aliphatic rings. The molecule has 2 aromatic rings. The first-order chi connectivity index (χ1) is 10.3. The smallest absolute Gasteiger partial charge is 0.132 e. The summed E-state index contributed by atoms with van der Waals surface area (Å²) in [4.78, 5) is 0. The van der Waals surface area contributed by atoms with Crippen LogP contribution in [-0.4, -0.2) is 23.9 Å². The maximum Gasteiger partial charge on any atom is 0.132 e. The van der Waals surface area contributed by atoms with Gasteiger partial charge < -0.3 is 4.74 Å². The number of rotatable bonds is 3. The van der Waals surface area contributed by atoms with Crippen LogP contribution >= 0.6 is 0 Å². The Morgan fingerprint density at radius 2 is 2.14 bits per heavy atom. The number of allylic oxidation sites excluding steroid dienone is 1. The van der Waals surface area contributed by atoms with Crippen LogP contribution in [0.4, 0.5) is 4.39 Å². The Morgan fingerprint density at radius 1 is 1.29 bits per heavy atom. The average molecular weight is 278 g/mol. The van der Waals surface area contributed by atoms with Crippen LogP contribution in [0.15, 0.2) is 41.5 Å². The topological polar surface area (TPSA) is 35.0 Å². The minimum absolute atomic E-state index is 0.0395. The standard InChI is InChI=1S/C17H11FN2O/c1-21-7-16-14-13-12(17(13,14)16)9-6-11(19-20-15(9)16)8-4-2-3-5-10(8)18/h2-6,12H,7H2,1H3. The number of hydrogen-bond acceptors (Lipinski definition) is 3. The van der Waals surface area contributed by atoms with Crippen LogP contribution in [0.1, 0.15) is 17.2 Å². The van der Waals surface area contributed by atoms with Crippen molar-refractivity contribution in [3.05, 3.63) is 58.6 Å². The van der Waals surface area contributed by atoms with E-state index in [1.807, 2.05) is 12.1 Å². The summed E-state index contributed by atoms with van der Waals surface area (Å²) in [5.74, 6) is 0.277. The molecule has 4 aliphatic carbocycles. The van der Waals surface area contributed by atoms with Crippen LogP contribution in [0, 0.1) is 11.2 Å². The Bertz CT molecular complexity index is 905. The molecule has 102 valence electrons. The van der Waals surface area contributed by atoms with Gasteiger partial charge in [0.05, 0.1) is 23.4 Å². The van der Waals surface area contributed by atoms with Crippen molar-refractivity contribution >= 4 is 0 Å². The molecule has 2 saturated carbocycles. The van der Waals surface area contributed by atoms with Crippen LogP contribution in [0.25, 0.3) is 11.3 Å². The molecule has 0 bridgehead atoms. The van der Waals surface area contributed by atoms with Crippen molar-refractivity contribution in [2.75, 3.05) is 13.7 Å². The highest BCUT2D eigenvalue weighted by Gasteiger charge is 3.05. The number of nitrogens with zero attached hydrogens (tertiary/aromatic N) is 2.